The zero-order chi connectivity index (χ0) is 22.8. The lowest BCUT2D eigenvalue weighted by Crippen LogP contribution is -2.35. The number of carbonyl (C=O) groups excluding carboxylic acids is 1. The number of anilines is 1. The molecule has 0 radical (unpaired) electrons. The molecule has 2 aromatic heterocycles. The standard InChI is InChI=1S/C25H24BrN5O2/c26-19-16-29-31-22(15-20(30-23(19)31)18-9-4-5-10-21(18)32)27-13-6-14-28-24(33)25(11-12-25)17-7-2-1-3-8-17/h1-5,7-10,15-16,27,32H,6,11-14H2,(H,28,33). The second-order valence-electron chi connectivity index (χ2n) is 8.26. The Labute approximate surface area is 200 Å². The lowest BCUT2D eigenvalue weighted by Gasteiger charge is -2.16. The fourth-order valence-electron chi connectivity index (χ4n) is 4.10. The molecule has 0 saturated heterocycles. The molecule has 0 aliphatic heterocycles. The number of aromatic hydroxyl groups is 1. The SMILES string of the molecule is O=C(NCCCNc1cc(-c2ccccc2O)nc2c(Br)cnn12)C1(c2ccccc2)CC1. The highest BCUT2D eigenvalue weighted by atomic mass is 79.9. The van der Waals surface area contributed by atoms with Gasteiger partial charge in [-0.05, 0) is 52.9 Å². The van der Waals surface area contributed by atoms with E-state index in [4.69, 9.17) is 0 Å². The van der Waals surface area contributed by atoms with Crippen LogP contribution in [0, 0.1) is 0 Å². The van der Waals surface area contributed by atoms with Crippen LogP contribution < -0.4 is 10.6 Å². The number of phenols is 1. The Balaban J connectivity index is 1.24. The van der Waals surface area contributed by atoms with Crippen molar-refractivity contribution >= 4 is 33.3 Å². The van der Waals surface area contributed by atoms with Crippen molar-refractivity contribution in [3.8, 4) is 17.0 Å². The number of nitrogens with one attached hydrogen (secondary N) is 2. The van der Waals surface area contributed by atoms with Gasteiger partial charge in [0.25, 0.3) is 0 Å². The molecular formula is C25H24BrN5O2. The first-order valence-corrected chi connectivity index (χ1v) is 11.8. The van der Waals surface area contributed by atoms with Gasteiger partial charge in [0.15, 0.2) is 5.65 Å². The number of amides is 1. The van der Waals surface area contributed by atoms with Gasteiger partial charge >= 0.3 is 0 Å². The first kappa shape index (κ1) is 21.5. The predicted molar refractivity (Wildman–Crippen MR) is 131 cm³/mol. The number of para-hydroxylation sites is 1. The molecule has 1 fully saturated rings. The van der Waals surface area contributed by atoms with Crippen LogP contribution in [0.15, 0.2) is 71.3 Å². The fraction of sp³-hybridized carbons (Fsp3) is 0.240. The van der Waals surface area contributed by atoms with Crippen molar-refractivity contribution in [2.75, 3.05) is 18.4 Å². The van der Waals surface area contributed by atoms with Gasteiger partial charge in [-0.3, -0.25) is 4.79 Å². The second-order valence-corrected chi connectivity index (χ2v) is 9.11. The molecule has 3 N–H and O–H groups in total. The molecule has 1 aliphatic carbocycles. The van der Waals surface area contributed by atoms with Crippen LogP contribution in [0.2, 0.25) is 0 Å². The molecule has 0 unspecified atom stereocenters. The van der Waals surface area contributed by atoms with Crippen LogP contribution in [-0.4, -0.2) is 38.7 Å². The number of halogens is 1. The van der Waals surface area contributed by atoms with E-state index in [1.807, 2.05) is 48.5 Å². The van der Waals surface area contributed by atoms with E-state index in [0.717, 1.165) is 35.1 Å². The van der Waals surface area contributed by atoms with Gasteiger partial charge in [-0.1, -0.05) is 42.5 Å². The summed E-state index contributed by atoms with van der Waals surface area (Å²) in [5.41, 5.74) is 2.71. The minimum atomic E-state index is -0.347. The molecule has 1 aliphatic rings. The minimum absolute atomic E-state index is 0.109. The molecule has 33 heavy (non-hydrogen) atoms. The van der Waals surface area contributed by atoms with E-state index >= 15 is 0 Å². The Hall–Kier alpha value is -3.39. The van der Waals surface area contributed by atoms with E-state index in [1.165, 1.54) is 0 Å². The van der Waals surface area contributed by atoms with E-state index in [1.54, 1.807) is 22.8 Å². The third-order valence-electron chi connectivity index (χ3n) is 6.07. The van der Waals surface area contributed by atoms with Gasteiger partial charge in [-0.25, -0.2) is 4.98 Å². The number of rotatable bonds is 8. The normalized spacial score (nSPS) is 14.2. The molecule has 0 atom stereocenters. The summed E-state index contributed by atoms with van der Waals surface area (Å²) in [6, 6.07) is 19.0. The van der Waals surface area contributed by atoms with Gasteiger partial charge in [0.2, 0.25) is 5.91 Å². The predicted octanol–water partition coefficient (Wildman–Crippen LogP) is 4.51. The summed E-state index contributed by atoms with van der Waals surface area (Å²) in [5.74, 6) is 1.04. The Bertz CT molecular complexity index is 1300. The maximum atomic E-state index is 12.8. The Morgan fingerprint density at radius 1 is 1.09 bits per heavy atom. The van der Waals surface area contributed by atoms with E-state index in [-0.39, 0.29) is 17.1 Å². The van der Waals surface area contributed by atoms with Gasteiger partial charge in [0, 0.05) is 24.7 Å². The summed E-state index contributed by atoms with van der Waals surface area (Å²) in [7, 11) is 0. The number of hydrogen-bond acceptors (Lipinski definition) is 5. The number of aromatic nitrogens is 3. The highest BCUT2D eigenvalue weighted by molar-refractivity contribution is 9.10. The number of benzene rings is 2. The highest BCUT2D eigenvalue weighted by Gasteiger charge is 2.50. The van der Waals surface area contributed by atoms with Crippen molar-refractivity contribution in [3.05, 3.63) is 76.9 Å². The average Bonchev–Trinajstić information content (AvgIpc) is 3.57. The van der Waals surface area contributed by atoms with E-state index in [2.05, 4.69) is 36.6 Å². The molecule has 0 spiro atoms. The summed E-state index contributed by atoms with van der Waals surface area (Å²) in [6.07, 6.45) is 4.26. The Kier molecular flexibility index (Phi) is 5.76. The van der Waals surface area contributed by atoms with Crippen LogP contribution in [0.1, 0.15) is 24.8 Å². The van der Waals surface area contributed by atoms with Crippen LogP contribution in [0.4, 0.5) is 5.82 Å². The Morgan fingerprint density at radius 2 is 1.85 bits per heavy atom. The van der Waals surface area contributed by atoms with Gasteiger partial charge < -0.3 is 15.7 Å². The molecule has 2 heterocycles. The fourth-order valence-corrected chi connectivity index (χ4v) is 4.44. The molecule has 1 amide bonds. The third-order valence-corrected chi connectivity index (χ3v) is 6.62. The van der Waals surface area contributed by atoms with Crippen molar-refractivity contribution < 1.29 is 9.90 Å². The third kappa shape index (κ3) is 4.18. The molecule has 5 rings (SSSR count). The molecule has 2 aromatic carbocycles. The summed E-state index contributed by atoms with van der Waals surface area (Å²) >= 11 is 3.50. The van der Waals surface area contributed by atoms with Crippen LogP contribution in [-0.2, 0) is 10.2 Å². The van der Waals surface area contributed by atoms with E-state index < -0.39 is 0 Å². The van der Waals surface area contributed by atoms with E-state index in [9.17, 15) is 9.90 Å². The van der Waals surface area contributed by atoms with Crippen LogP contribution in [0.5, 0.6) is 5.75 Å². The first-order chi connectivity index (χ1) is 16.1. The van der Waals surface area contributed by atoms with Gasteiger partial charge in [-0.2, -0.15) is 9.61 Å². The average molecular weight is 506 g/mol. The smallest absolute Gasteiger partial charge is 0.230 e. The molecule has 1 saturated carbocycles. The number of fused-ring (bicyclic) bond motifs is 1. The lowest BCUT2D eigenvalue weighted by atomic mass is 9.95. The van der Waals surface area contributed by atoms with Gasteiger partial charge in [0.05, 0.1) is 21.8 Å². The number of hydrogen-bond donors (Lipinski definition) is 3. The number of phenolic OH excluding ortho intramolecular Hbond substituents is 1. The number of nitrogens with zero attached hydrogens (tertiary/aromatic N) is 3. The van der Waals surface area contributed by atoms with E-state index in [0.29, 0.717) is 30.0 Å². The van der Waals surface area contributed by atoms with Crippen molar-refractivity contribution in [2.24, 2.45) is 0 Å². The topological polar surface area (TPSA) is 91.5 Å². The molecule has 7 nitrogen and oxygen atoms in total. The van der Waals surface area contributed by atoms with Crippen LogP contribution >= 0.6 is 15.9 Å². The summed E-state index contributed by atoms with van der Waals surface area (Å²) in [5, 5.41) is 21.2. The summed E-state index contributed by atoms with van der Waals surface area (Å²) in [4.78, 5) is 17.4. The van der Waals surface area contributed by atoms with Crippen LogP contribution in [0.25, 0.3) is 16.9 Å². The largest absolute Gasteiger partial charge is 0.507 e. The van der Waals surface area contributed by atoms with Crippen molar-refractivity contribution in [1.82, 2.24) is 19.9 Å². The van der Waals surface area contributed by atoms with Gasteiger partial charge in [-0.15, -0.1) is 0 Å². The monoisotopic (exact) mass is 505 g/mol. The molecule has 4 aromatic rings. The maximum absolute atomic E-state index is 12.8. The van der Waals surface area contributed by atoms with Crippen molar-refractivity contribution in [1.29, 1.82) is 0 Å². The minimum Gasteiger partial charge on any atom is -0.507 e. The van der Waals surface area contributed by atoms with Crippen LogP contribution in [0.3, 0.4) is 0 Å². The Morgan fingerprint density at radius 3 is 2.61 bits per heavy atom. The van der Waals surface area contributed by atoms with Gasteiger partial charge in [0.1, 0.15) is 11.6 Å². The van der Waals surface area contributed by atoms with Crippen molar-refractivity contribution in [2.45, 2.75) is 24.7 Å². The summed E-state index contributed by atoms with van der Waals surface area (Å²) < 4.78 is 2.49. The molecule has 0 bridgehead atoms. The molecule has 168 valence electrons. The first-order valence-electron chi connectivity index (χ1n) is 11.0. The highest BCUT2D eigenvalue weighted by Crippen LogP contribution is 2.48. The maximum Gasteiger partial charge on any atom is 0.230 e. The molecular weight excluding hydrogens is 482 g/mol. The van der Waals surface area contributed by atoms with Crippen molar-refractivity contribution in [3.63, 3.8) is 0 Å². The molecule has 8 heteroatoms. The zero-order valence-corrected chi connectivity index (χ0v) is 19.5. The quantitative estimate of drug-likeness (QED) is 0.306. The second kappa shape index (κ2) is 8.86. The lowest BCUT2D eigenvalue weighted by molar-refractivity contribution is -0.123. The zero-order valence-electron chi connectivity index (χ0n) is 18.0. The summed E-state index contributed by atoms with van der Waals surface area (Å²) in [6.45, 7) is 1.24. The number of carbonyl (C=O) groups is 1.